The van der Waals surface area contributed by atoms with Gasteiger partial charge in [-0.25, -0.2) is 4.39 Å². The number of carbonyl (C=O) groups is 1. The zero-order chi connectivity index (χ0) is 16.6. The molecular weight excluding hydrogens is 357 g/mol. The molecule has 1 unspecified atom stereocenters. The standard InChI is InChI=1S/C19H15BrFNO/c1-11(20)19-18(13-6-4-3-5-7-13)17(12(2)23)15-10-14(21)8-9-16(15)22-19/h3-11H,1-2H3. The van der Waals surface area contributed by atoms with E-state index < -0.39 is 0 Å². The second kappa shape index (κ2) is 6.20. The average Bonchev–Trinajstić information content (AvgIpc) is 2.53. The van der Waals surface area contributed by atoms with Crippen LogP contribution < -0.4 is 0 Å². The number of rotatable bonds is 3. The molecule has 3 rings (SSSR count). The Morgan fingerprint density at radius 3 is 2.48 bits per heavy atom. The second-order valence-corrected chi connectivity index (χ2v) is 6.82. The molecule has 0 saturated heterocycles. The highest BCUT2D eigenvalue weighted by molar-refractivity contribution is 9.09. The van der Waals surface area contributed by atoms with Gasteiger partial charge in [-0.2, -0.15) is 0 Å². The predicted octanol–water partition coefficient (Wildman–Crippen LogP) is 5.70. The van der Waals surface area contributed by atoms with Crippen LogP contribution in [0.3, 0.4) is 0 Å². The lowest BCUT2D eigenvalue weighted by atomic mass is 9.91. The van der Waals surface area contributed by atoms with Crippen LogP contribution in [-0.2, 0) is 0 Å². The van der Waals surface area contributed by atoms with Gasteiger partial charge in [0.2, 0.25) is 0 Å². The minimum atomic E-state index is -0.375. The van der Waals surface area contributed by atoms with Crippen LogP contribution in [0.15, 0.2) is 48.5 Å². The van der Waals surface area contributed by atoms with Crippen molar-refractivity contribution in [2.75, 3.05) is 0 Å². The third kappa shape index (κ3) is 2.91. The molecule has 0 bridgehead atoms. The summed E-state index contributed by atoms with van der Waals surface area (Å²) in [6, 6.07) is 14.0. The number of alkyl halides is 1. The minimum absolute atomic E-state index is 0.0368. The Hall–Kier alpha value is -2.07. The van der Waals surface area contributed by atoms with Crippen LogP contribution in [0.1, 0.15) is 34.7 Å². The van der Waals surface area contributed by atoms with Gasteiger partial charge in [0.25, 0.3) is 0 Å². The Morgan fingerprint density at radius 2 is 1.87 bits per heavy atom. The Kier molecular flexibility index (Phi) is 4.26. The van der Waals surface area contributed by atoms with E-state index >= 15 is 0 Å². The molecule has 0 saturated carbocycles. The number of fused-ring (bicyclic) bond motifs is 1. The first-order chi connectivity index (χ1) is 11.0. The Morgan fingerprint density at radius 1 is 1.17 bits per heavy atom. The number of carbonyl (C=O) groups excluding carboxylic acids is 1. The van der Waals surface area contributed by atoms with Crippen molar-refractivity contribution in [3.05, 3.63) is 65.6 Å². The van der Waals surface area contributed by atoms with Gasteiger partial charge in [0.1, 0.15) is 5.82 Å². The van der Waals surface area contributed by atoms with Gasteiger partial charge >= 0.3 is 0 Å². The summed E-state index contributed by atoms with van der Waals surface area (Å²) >= 11 is 3.57. The first kappa shape index (κ1) is 15.8. The van der Waals surface area contributed by atoms with E-state index in [1.165, 1.54) is 19.1 Å². The van der Waals surface area contributed by atoms with Crippen LogP contribution in [0.2, 0.25) is 0 Å². The number of hydrogen-bond acceptors (Lipinski definition) is 2. The number of Topliss-reactive ketones (excluding diaryl/α,β-unsaturated/α-hetero) is 1. The van der Waals surface area contributed by atoms with Crippen molar-refractivity contribution >= 4 is 32.6 Å². The highest BCUT2D eigenvalue weighted by Gasteiger charge is 2.22. The summed E-state index contributed by atoms with van der Waals surface area (Å²) < 4.78 is 13.7. The van der Waals surface area contributed by atoms with Gasteiger partial charge < -0.3 is 0 Å². The molecular formula is C19H15BrFNO. The monoisotopic (exact) mass is 371 g/mol. The lowest BCUT2D eigenvalue weighted by molar-refractivity contribution is 0.101. The molecule has 116 valence electrons. The lowest BCUT2D eigenvalue weighted by Gasteiger charge is -2.17. The Labute approximate surface area is 142 Å². The number of aromatic nitrogens is 1. The molecule has 1 atom stereocenters. The van der Waals surface area contributed by atoms with Crippen molar-refractivity contribution in [3.63, 3.8) is 0 Å². The van der Waals surface area contributed by atoms with Gasteiger partial charge in [0, 0.05) is 16.5 Å². The average molecular weight is 372 g/mol. The van der Waals surface area contributed by atoms with Crippen molar-refractivity contribution in [3.8, 4) is 11.1 Å². The van der Waals surface area contributed by atoms with Crippen molar-refractivity contribution in [2.24, 2.45) is 0 Å². The summed E-state index contributed by atoms with van der Waals surface area (Å²) in [6.07, 6.45) is 0. The molecule has 0 radical (unpaired) electrons. The van der Waals surface area contributed by atoms with Crippen molar-refractivity contribution in [1.29, 1.82) is 0 Å². The van der Waals surface area contributed by atoms with E-state index in [0.29, 0.717) is 16.5 Å². The summed E-state index contributed by atoms with van der Waals surface area (Å²) in [4.78, 5) is 17.0. The number of benzene rings is 2. The third-order valence-corrected chi connectivity index (χ3v) is 4.20. The summed E-state index contributed by atoms with van der Waals surface area (Å²) in [5.74, 6) is -0.475. The molecule has 1 heterocycles. The van der Waals surface area contributed by atoms with Gasteiger partial charge in [-0.1, -0.05) is 46.3 Å². The molecule has 0 N–H and O–H groups in total. The van der Waals surface area contributed by atoms with Gasteiger partial charge in [0.15, 0.2) is 5.78 Å². The fraction of sp³-hybridized carbons (Fsp3) is 0.158. The van der Waals surface area contributed by atoms with Crippen LogP contribution in [0, 0.1) is 5.82 Å². The van der Waals surface area contributed by atoms with Crippen molar-refractivity contribution in [1.82, 2.24) is 4.98 Å². The van der Waals surface area contributed by atoms with Crippen LogP contribution in [0.5, 0.6) is 0 Å². The number of ketones is 1. The number of halogens is 2. The van der Waals surface area contributed by atoms with Crippen LogP contribution in [0.25, 0.3) is 22.0 Å². The van der Waals surface area contributed by atoms with E-state index in [1.807, 2.05) is 37.3 Å². The zero-order valence-corrected chi connectivity index (χ0v) is 14.4. The molecule has 3 aromatic rings. The molecule has 0 aliphatic carbocycles. The topological polar surface area (TPSA) is 30.0 Å². The van der Waals surface area contributed by atoms with Crippen molar-refractivity contribution in [2.45, 2.75) is 18.7 Å². The van der Waals surface area contributed by atoms with Gasteiger partial charge in [-0.15, -0.1) is 0 Å². The van der Waals surface area contributed by atoms with Crippen LogP contribution >= 0.6 is 15.9 Å². The molecule has 2 nitrogen and oxygen atoms in total. The number of pyridine rings is 1. The fourth-order valence-corrected chi connectivity index (χ4v) is 3.14. The molecule has 0 amide bonds. The zero-order valence-electron chi connectivity index (χ0n) is 12.8. The normalized spacial score (nSPS) is 12.3. The number of hydrogen-bond donors (Lipinski definition) is 0. The van der Waals surface area contributed by atoms with E-state index in [2.05, 4.69) is 20.9 Å². The first-order valence-corrected chi connectivity index (χ1v) is 8.24. The second-order valence-electron chi connectivity index (χ2n) is 5.45. The largest absolute Gasteiger partial charge is 0.294 e. The molecule has 2 aromatic carbocycles. The summed E-state index contributed by atoms with van der Waals surface area (Å²) in [7, 11) is 0. The summed E-state index contributed by atoms with van der Waals surface area (Å²) in [5.41, 5.74) is 3.58. The molecule has 0 spiro atoms. The van der Waals surface area contributed by atoms with Gasteiger partial charge in [-0.05, 0) is 37.6 Å². The fourth-order valence-electron chi connectivity index (χ4n) is 2.80. The van der Waals surface area contributed by atoms with Crippen LogP contribution in [-0.4, -0.2) is 10.8 Å². The molecule has 4 heteroatoms. The predicted molar refractivity (Wildman–Crippen MR) is 94.5 cm³/mol. The molecule has 23 heavy (non-hydrogen) atoms. The van der Waals surface area contributed by atoms with Gasteiger partial charge in [0.05, 0.1) is 16.0 Å². The maximum atomic E-state index is 13.7. The van der Waals surface area contributed by atoms with E-state index in [4.69, 9.17) is 0 Å². The first-order valence-electron chi connectivity index (χ1n) is 7.32. The lowest BCUT2D eigenvalue weighted by Crippen LogP contribution is -2.06. The van der Waals surface area contributed by atoms with Crippen LogP contribution in [0.4, 0.5) is 4.39 Å². The highest BCUT2D eigenvalue weighted by Crippen LogP contribution is 2.37. The summed E-state index contributed by atoms with van der Waals surface area (Å²) in [5, 5.41) is 0.549. The van der Waals surface area contributed by atoms with Crippen molar-refractivity contribution < 1.29 is 9.18 Å². The maximum absolute atomic E-state index is 13.7. The Balaban J connectivity index is 2.50. The summed E-state index contributed by atoms with van der Waals surface area (Å²) in [6.45, 7) is 3.48. The molecule has 0 aliphatic rings. The quantitative estimate of drug-likeness (QED) is 0.436. The van der Waals surface area contributed by atoms with E-state index in [0.717, 1.165) is 16.8 Å². The Bertz CT molecular complexity index is 891. The molecule has 1 aromatic heterocycles. The molecule has 0 fully saturated rings. The number of nitrogens with zero attached hydrogens (tertiary/aromatic N) is 1. The maximum Gasteiger partial charge on any atom is 0.161 e. The highest BCUT2D eigenvalue weighted by atomic mass is 79.9. The molecule has 0 aliphatic heterocycles. The SMILES string of the molecule is CC(=O)c1c(-c2ccccc2)c(C(C)Br)nc2ccc(F)cc12. The van der Waals surface area contributed by atoms with E-state index in [1.54, 1.807) is 6.07 Å². The van der Waals surface area contributed by atoms with E-state index in [9.17, 15) is 9.18 Å². The van der Waals surface area contributed by atoms with Gasteiger partial charge in [-0.3, -0.25) is 9.78 Å². The minimum Gasteiger partial charge on any atom is -0.294 e. The van der Waals surface area contributed by atoms with E-state index in [-0.39, 0.29) is 16.4 Å². The third-order valence-electron chi connectivity index (χ3n) is 3.77. The smallest absolute Gasteiger partial charge is 0.161 e.